The van der Waals surface area contributed by atoms with Crippen molar-refractivity contribution in [2.45, 2.75) is 109 Å². The van der Waals surface area contributed by atoms with E-state index in [-0.39, 0.29) is 11.1 Å². The normalized spacial score (nSPS) is 22.0. The number of hydrogen-bond donors (Lipinski definition) is 0. The Hall–Kier alpha value is -1.06. The number of nitrogens with zero attached hydrogens (tertiary/aromatic N) is 1. The molecule has 0 N–H and O–H groups in total. The molecule has 1 fully saturated rings. The monoisotopic (exact) mass is 403 g/mol. The Balaban J connectivity index is 1.85. The summed E-state index contributed by atoms with van der Waals surface area (Å²) in [6, 6.07) is 0. The van der Waals surface area contributed by atoms with E-state index in [2.05, 4.69) is 51.5 Å². The minimum Gasteiger partial charge on any atom is -0.497 e. The van der Waals surface area contributed by atoms with Crippen LogP contribution in [-0.4, -0.2) is 29.4 Å². The number of hydroxylamine groups is 2. The number of rotatable bonds is 13. The van der Waals surface area contributed by atoms with Crippen molar-refractivity contribution < 1.29 is 9.57 Å². The molecule has 2 rings (SSSR count). The van der Waals surface area contributed by atoms with Crippen LogP contribution < -0.4 is 0 Å². The molecule has 29 heavy (non-hydrogen) atoms. The van der Waals surface area contributed by atoms with Crippen LogP contribution in [0.25, 0.3) is 0 Å². The van der Waals surface area contributed by atoms with E-state index in [1.807, 2.05) is 12.3 Å². The summed E-state index contributed by atoms with van der Waals surface area (Å²) in [7, 11) is 0. The van der Waals surface area contributed by atoms with E-state index in [0.717, 1.165) is 13.0 Å². The molecule has 0 aromatic heterocycles. The summed E-state index contributed by atoms with van der Waals surface area (Å²) in [4.78, 5) is 6.56. The van der Waals surface area contributed by atoms with Crippen LogP contribution in [0.15, 0.2) is 36.6 Å². The van der Waals surface area contributed by atoms with E-state index in [0.29, 0.717) is 12.5 Å². The van der Waals surface area contributed by atoms with Gasteiger partial charge in [0, 0.05) is 17.0 Å². The van der Waals surface area contributed by atoms with Gasteiger partial charge < -0.3 is 4.74 Å². The van der Waals surface area contributed by atoms with Crippen LogP contribution in [0.2, 0.25) is 0 Å². The summed E-state index contributed by atoms with van der Waals surface area (Å²) in [6.07, 6.45) is 22.2. The van der Waals surface area contributed by atoms with Gasteiger partial charge in [0.15, 0.2) is 0 Å². The Labute approximate surface area is 180 Å². The topological polar surface area (TPSA) is 21.7 Å². The van der Waals surface area contributed by atoms with Gasteiger partial charge in [0.1, 0.15) is 6.61 Å². The number of ether oxygens (including phenoxy) is 1. The first-order chi connectivity index (χ1) is 13.9. The molecule has 0 saturated carbocycles. The highest BCUT2D eigenvalue weighted by molar-refractivity contribution is 5.23. The molecule has 2 heterocycles. The lowest BCUT2D eigenvalue weighted by atomic mass is 9.82. The summed E-state index contributed by atoms with van der Waals surface area (Å²) in [5.41, 5.74) is 1.57. The minimum absolute atomic E-state index is 0.0949. The molecule has 1 unspecified atom stereocenters. The van der Waals surface area contributed by atoms with Crippen LogP contribution in [0.1, 0.15) is 98.3 Å². The van der Waals surface area contributed by atoms with Gasteiger partial charge in [-0.2, -0.15) is 5.06 Å². The second kappa shape index (κ2) is 12.0. The molecule has 0 aromatic rings. The summed E-state index contributed by atoms with van der Waals surface area (Å²) < 4.78 is 5.39. The zero-order chi connectivity index (χ0) is 21.2. The Morgan fingerprint density at radius 3 is 2.34 bits per heavy atom. The number of allylic oxidation sites excluding steroid dienone is 2. The van der Waals surface area contributed by atoms with Crippen LogP contribution in [0.4, 0.5) is 0 Å². The van der Waals surface area contributed by atoms with Gasteiger partial charge in [-0.1, -0.05) is 38.2 Å². The Bertz CT molecular complexity index is 531. The highest BCUT2D eigenvalue weighted by Gasteiger charge is 2.42. The second-order valence-electron chi connectivity index (χ2n) is 10.1. The molecule has 3 heteroatoms. The Morgan fingerprint density at radius 2 is 1.72 bits per heavy atom. The third-order valence-electron chi connectivity index (χ3n) is 6.54. The summed E-state index contributed by atoms with van der Waals surface area (Å²) in [5.74, 6) is 0.449. The molecule has 0 radical (unpaired) electrons. The Morgan fingerprint density at radius 1 is 1.07 bits per heavy atom. The number of hydrogen-bond acceptors (Lipinski definition) is 3. The van der Waals surface area contributed by atoms with Crippen LogP contribution in [0.5, 0.6) is 0 Å². The lowest BCUT2D eigenvalue weighted by molar-refractivity contribution is -0.284. The first kappa shape index (κ1) is 24.2. The molecule has 1 saturated heterocycles. The molecule has 1 atom stereocenters. The largest absolute Gasteiger partial charge is 0.497 e. The van der Waals surface area contributed by atoms with Gasteiger partial charge in [-0.25, -0.2) is 0 Å². The van der Waals surface area contributed by atoms with Gasteiger partial charge in [-0.05, 0) is 83.9 Å². The SMILES string of the molecule is C=CCCCCCCCCC(CON1C(C)(C)CCCC1(C)C)C1=CCOC=C1. The molecule has 0 aromatic carbocycles. The average molecular weight is 404 g/mol. The average Bonchev–Trinajstić information content (AvgIpc) is 2.67. The molecule has 166 valence electrons. The van der Waals surface area contributed by atoms with Crippen molar-refractivity contribution in [1.29, 1.82) is 0 Å². The third-order valence-corrected chi connectivity index (χ3v) is 6.54. The van der Waals surface area contributed by atoms with Crippen molar-refractivity contribution in [1.82, 2.24) is 5.06 Å². The van der Waals surface area contributed by atoms with E-state index in [1.165, 1.54) is 69.8 Å². The molecule has 0 bridgehead atoms. The molecule has 0 amide bonds. The molecule has 0 spiro atoms. The lowest BCUT2D eigenvalue weighted by Crippen LogP contribution is -2.58. The first-order valence-corrected chi connectivity index (χ1v) is 11.9. The van der Waals surface area contributed by atoms with Crippen LogP contribution in [0, 0.1) is 5.92 Å². The zero-order valence-electron chi connectivity index (χ0n) is 19.5. The predicted octanol–water partition coefficient (Wildman–Crippen LogP) is 7.35. The van der Waals surface area contributed by atoms with Crippen LogP contribution in [0.3, 0.4) is 0 Å². The van der Waals surface area contributed by atoms with E-state index in [9.17, 15) is 0 Å². The fraction of sp³-hybridized carbons (Fsp3) is 0.769. The summed E-state index contributed by atoms with van der Waals surface area (Å²) in [6.45, 7) is 14.5. The van der Waals surface area contributed by atoms with Gasteiger partial charge in [-0.3, -0.25) is 4.84 Å². The maximum atomic E-state index is 6.56. The first-order valence-electron chi connectivity index (χ1n) is 11.9. The van der Waals surface area contributed by atoms with Gasteiger partial charge in [0.2, 0.25) is 0 Å². The highest BCUT2D eigenvalue weighted by atomic mass is 16.7. The fourth-order valence-electron chi connectivity index (χ4n) is 4.92. The van der Waals surface area contributed by atoms with E-state index < -0.39 is 0 Å². The van der Waals surface area contributed by atoms with Crippen LogP contribution >= 0.6 is 0 Å². The zero-order valence-corrected chi connectivity index (χ0v) is 19.5. The molecular formula is C26H45NO2. The van der Waals surface area contributed by atoms with Gasteiger partial charge in [0.05, 0.1) is 12.9 Å². The van der Waals surface area contributed by atoms with Crippen molar-refractivity contribution in [3.05, 3.63) is 36.6 Å². The van der Waals surface area contributed by atoms with Gasteiger partial charge >= 0.3 is 0 Å². The number of piperidine rings is 1. The number of unbranched alkanes of at least 4 members (excludes halogenated alkanes) is 6. The van der Waals surface area contributed by atoms with Gasteiger partial charge in [-0.15, -0.1) is 6.58 Å². The van der Waals surface area contributed by atoms with Crippen molar-refractivity contribution in [2.75, 3.05) is 13.2 Å². The second-order valence-corrected chi connectivity index (χ2v) is 10.1. The maximum absolute atomic E-state index is 6.56. The van der Waals surface area contributed by atoms with Gasteiger partial charge in [0.25, 0.3) is 0 Å². The Kier molecular flexibility index (Phi) is 9.98. The van der Waals surface area contributed by atoms with E-state index in [1.54, 1.807) is 0 Å². The molecule has 3 nitrogen and oxygen atoms in total. The minimum atomic E-state index is 0.0949. The maximum Gasteiger partial charge on any atom is 0.106 e. The van der Waals surface area contributed by atoms with Crippen molar-refractivity contribution in [2.24, 2.45) is 5.92 Å². The van der Waals surface area contributed by atoms with Crippen molar-refractivity contribution >= 4 is 0 Å². The lowest BCUT2D eigenvalue weighted by Gasteiger charge is -2.51. The van der Waals surface area contributed by atoms with E-state index >= 15 is 0 Å². The fourth-order valence-corrected chi connectivity index (χ4v) is 4.92. The summed E-state index contributed by atoms with van der Waals surface area (Å²) >= 11 is 0. The van der Waals surface area contributed by atoms with Crippen LogP contribution in [-0.2, 0) is 9.57 Å². The predicted molar refractivity (Wildman–Crippen MR) is 124 cm³/mol. The molecule has 2 aliphatic rings. The van der Waals surface area contributed by atoms with Crippen molar-refractivity contribution in [3.63, 3.8) is 0 Å². The molecule has 2 aliphatic heterocycles. The standard InChI is InChI=1S/C26H45NO2/c1-6-7-8-9-10-11-12-13-15-24(23-16-20-28-21-17-23)22-29-27-25(2,3)18-14-19-26(27,4)5/h6,16-17,20,24H,1,7-15,18-19,21-22H2,2-5H3. The molecular weight excluding hydrogens is 358 g/mol. The summed E-state index contributed by atoms with van der Waals surface area (Å²) in [5, 5.41) is 2.31. The smallest absolute Gasteiger partial charge is 0.106 e. The molecule has 0 aliphatic carbocycles. The van der Waals surface area contributed by atoms with Crippen molar-refractivity contribution in [3.8, 4) is 0 Å². The quantitative estimate of drug-likeness (QED) is 0.237. The third kappa shape index (κ3) is 7.94. The highest BCUT2D eigenvalue weighted by Crippen LogP contribution is 2.39. The van der Waals surface area contributed by atoms with E-state index in [4.69, 9.17) is 9.57 Å².